The zero-order chi connectivity index (χ0) is 17.6. The molecule has 126 valence electrons. The van der Waals surface area contributed by atoms with E-state index in [0.29, 0.717) is 23.1 Å². The van der Waals surface area contributed by atoms with Gasteiger partial charge in [0.05, 0.1) is 0 Å². The quantitative estimate of drug-likeness (QED) is 0.731. The summed E-state index contributed by atoms with van der Waals surface area (Å²) in [7, 11) is 0. The lowest BCUT2D eigenvalue weighted by Crippen LogP contribution is -2.15. The number of anilines is 2. The Balaban J connectivity index is 1.63. The molecule has 0 saturated heterocycles. The van der Waals surface area contributed by atoms with Crippen LogP contribution in [0.3, 0.4) is 0 Å². The Labute approximate surface area is 150 Å². The van der Waals surface area contributed by atoms with E-state index in [1.54, 1.807) is 36.7 Å². The molecule has 0 unspecified atom stereocenters. The molecular weight excluding hydrogens is 338 g/mol. The van der Waals surface area contributed by atoms with Crippen LogP contribution in [0.4, 0.5) is 11.5 Å². The number of amides is 1. The topological polar surface area (TPSA) is 79.8 Å². The van der Waals surface area contributed by atoms with Gasteiger partial charge in [-0.2, -0.15) is 0 Å². The second-order valence-electron chi connectivity index (χ2n) is 5.43. The van der Waals surface area contributed by atoms with Crippen LogP contribution in [-0.2, 0) is 6.54 Å². The lowest BCUT2D eigenvalue weighted by molar-refractivity contribution is 0.102. The van der Waals surface area contributed by atoms with Crippen LogP contribution in [0.1, 0.15) is 21.6 Å². The molecule has 0 fully saturated rings. The number of nitrogens with one attached hydrogen (secondary N) is 2. The highest BCUT2D eigenvalue weighted by molar-refractivity contribution is 6.31. The van der Waals surface area contributed by atoms with Crippen LogP contribution >= 0.6 is 11.6 Å². The summed E-state index contributed by atoms with van der Waals surface area (Å²) in [5.74, 6) is 0.255. The third kappa shape index (κ3) is 4.51. The van der Waals surface area contributed by atoms with E-state index >= 15 is 0 Å². The lowest BCUT2D eigenvalue weighted by atomic mass is 10.2. The largest absolute Gasteiger partial charge is 0.365 e. The minimum atomic E-state index is -0.335. The first-order valence-electron chi connectivity index (χ1n) is 7.66. The minimum Gasteiger partial charge on any atom is -0.365 e. The van der Waals surface area contributed by atoms with E-state index in [-0.39, 0.29) is 11.6 Å². The fraction of sp³-hybridized carbons (Fsp3) is 0.111. The number of rotatable bonds is 5. The smallest absolute Gasteiger partial charge is 0.276 e. The molecule has 1 aromatic carbocycles. The Morgan fingerprint density at radius 2 is 1.88 bits per heavy atom. The molecule has 0 bridgehead atoms. The van der Waals surface area contributed by atoms with E-state index in [1.165, 1.54) is 0 Å². The van der Waals surface area contributed by atoms with Crippen LogP contribution < -0.4 is 10.6 Å². The molecule has 3 aromatic rings. The number of nitrogens with zero attached hydrogens (tertiary/aromatic N) is 3. The molecule has 2 heterocycles. The summed E-state index contributed by atoms with van der Waals surface area (Å²) < 4.78 is 0. The highest BCUT2D eigenvalue weighted by Crippen LogP contribution is 2.20. The molecule has 1 amide bonds. The highest BCUT2D eigenvalue weighted by Gasteiger charge is 2.10. The van der Waals surface area contributed by atoms with Gasteiger partial charge in [0.15, 0.2) is 5.69 Å². The predicted octanol–water partition coefficient (Wildman–Crippen LogP) is 3.70. The number of pyridine rings is 1. The van der Waals surface area contributed by atoms with Gasteiger partial charge in [-0.3, -0.25) is 9.78 Å². The van der Waals surface area contributed by atoms with Gasteiger partial charge in [0, 0.05) is 29.6 Å². The van der Waals surface area contributed by atoms with Crippen molar-refractivity contribution < 1.29 is 4.79 Å². The summed E-state index contributed by atoms with van der Waals surface area (Å²) in [4.78, 5) is 16.3. The van der Waals surface area contributed by atoms with Gasteiger partial charge in [0.2, 0.25) is 0 Å². The first kappa shape index (κ1) is 16.9. The number of hydrogen-bond donors (Lipinski definition) is 2. The number of carbonyl (C=O) groups excluding carboxylic acids is 1. The maximum atomic E-state index is 12.3. The SMILES string of the molecule is Cc1ccc(Cl)cc1NC(=O)c1ccc(NCc2ccncc2)nn1. The molecule has 2 aromatic heterocycles. The maximum Gasteiger partial charge on any atom is 0.276 e. The molecule has 0 aliphatic heterocycles. The van der Waals surface area contributed by atoms with E-state index in [1.807, 2.05) is 25.1 Å². The van der Waals surface area contributed by atoms with Crippen LogP contribution in [-0.4, -0.2) is 21.1 Å². The van der Waals surface area contributed by atoms with E-state index in [9.17, 15) is 4.79 Å². The molecule has 0 radical (unpaired) electrons. The standard InChI is InChI=1S/C18H16ClN5O/c1-12-2-3-14(19)10-16(12)22-18(25)15-4-5-17(24-23-15)21-11-13-6-8-20-9-7-13/h2-10H,11H2,1H3,(H,21,24)(H,22,25). The van der Waals surface area contributed by atoms with Crippen LogP contribution in [0.25, 0.3) is 0 Å². The molecular formula is C18H16ClN5O. The van der Waals surface area contributed by atoms with Gasteiger partial charge in [-0.1, -0.05) is 17.7 Å². The summed E-state index contributed by atoms with van der Waals surface area (Å²) in [6.07, 6.45) is 3.46. The third-order valence-electron chi connectivity index (χ3n) is 3.57. The van der Waals surface area contributed by atoms with Crippen molar-refractivity contribution in [3.05, 3.63) is 76.7 Å². The number of benzene rings is 1. The van der Waals surface area contributed by atoms with Crippen LogP contribution in [0, 0.1) is 6.92 Å². The zero-order valence-corrected chi connectivity index (χ0v) is 14.3. The monoisotopic (exact) mass is 353 g/mol. The summed E-state index contributed by atoms with van der Waals surface area (Å²) in [5.41, 5.74) is 2.88. The van der Waals surface area contributed by atoms with E-state index < -0.39 is 0 Å². The van der Waals surface area contributed by atoms with Crippen molar-refractivity contribution >= 4 is 29.0 Å². The summed E-state index contributed by atoms with van der Waals surface area (Å²) >= 11 is 5.96. The molecule has 0 aliphatic carbocycles. The molecule has 0 atom stereocenters. The number of hydrogen-bond acceptors (Lipinski definition) is 5. The van der Waals surface area contributed by atoms with E-state index in [0.717, 1.165) is 11.1 Å². The second kappa shape index (κ2) is 7.72. The van der Waals surface area contributed by atoms with E-state index in [4.69, 9.17) is 11.6 Å². The van der Waals surface area contributed by atoms with Gasteiger partial charge in [0.25, 0.3) is 5.91 Å². The van der Waals surface area contributed by atoms with Crippen molar-refractivity contribution in [3.63, 3.8) is 0 Å². The Morgan fingerprint density at radius 1 is 1.08 bits per heavy atom. The average Bonchev–Trinajstić information content (AvgIpc) is 2.64. The Hall–Kier alpha value is -2.99. The predicted molar refractivity (Wildman–Crippen MR) is 97.7 cm³/mol. The van der Waals surface area contributed by atoms with Gasteiger partial charge in [-0.05, 0) is 54.4 Å². The Bertz CT molecular complexity index is 868. The molecule has 25 heavy (non-hydrogen) atoms. The molecule has 6 nitrogen and oxygen atoms in total. The summed E-state index contributed by atoms with van der Waals surface area (Å²) in [5, 5.41) is 14.5. The van der Waals surface area contributed by atoms with Crippen molar-refractivity contribution in [1.29, 1.82) is 0 Å². The van der Waals surface area contributed by atoms with Crippen molar-refractivity contribution in [3.8, 4) is 0 Å². The molecule has 0 saturated carbocycles. The zero-order valence-electron chi connectivity index (χ0n) is 13.5. The maximum absolute atomic E-state index is 12.3. The van der Waals surface area contributed by atoms with Crippen molar-refractivity contribution in [1.82, 2.24) is 15.2 Å². The number of aromatic nitrogens is 3. The van der Waals surface area contributed by atoms with Gasteiger partial charge in [-0.25, -0.2) is 0 Å². The Morgan fingerprint density at radius 3 is 2.60 bits per heavy atom. The van der Waals surface area contributed by atoms with Crippen molar-refractivity contribution in [2.24, 2.45) is 0 Å². The van der Waals surface area contributed by atoms with Gasteiger partial charge in [-0.15, -0.1) is 10.2 Å². The fourth-order valence-corrected chi connectivity index (χ4v) is 2.33. The highest BCUT2D eigenvalue weighted by atomic mass is 35.5. The average molecular weight is 354 g/mol. The number of carbonyl (C=O) groups is 1. The van der Waals surface area contributed by atoms with Gasteiger partial charge >= 0.3 is 0 Å². The first-order chi connectivity index (χ1) is 12.1. The molecule has 3 rings (SSSR count). The molecule has 0 aliphatic rings. The van der Waals surface area contributed by atoms with Crippen LogP contribution in [0.15, 0.2) is 54.9 Å². The number of aryl methyl sites for hydroxylation is 1. The van der Waals surface area contributed by atoms with Gasteiger partial charge in [0.1, 0.15) is 5.82 Å². The Kier molecular flexibility index (Phi) is 5.20. The van der Waals surface area contributed by atoms with Crippen LogP contribution in [0.2, 0.25) is 5.02 Å². The normalized spacial score (nSPS) is 10.3. The second-order valence-corrected chi connectivity index (χ2v) is 5.86. The fourth-order valence-electron chi connectivity index (χ4n) is 2.16. The summed E-state index contributed by atoms with van der Waals surface area (Å²) in [6.45, 7) is 2.49. The van der Waals surface area contributed by atoms with Crippen molar-refractivity contribution in [2.45, 2.75) is 13.5 Å². The third-order valence-corrected chi connectivity index (χ3v) is 3.80. The summed E-state index contributed by atoms with van der Waals surface area (Å²) in [6, 6.07) is 12.5. The first-order valence-corrected chi connectivity index (χ1v) is 8.03. The molecule has 0 spiro atoms. The molecule has 7 heteroatoms. The minimum absolute atomic E-state index is 0.230. The number of halogens is 1. The van der Waals surface area contributed by atoms with Crippen LogP contribution in [0.5, 0.6) is 0 Å². The molecule has 2 N–H and O–H groups in total. The van der Waals surface area contributed by atoms with E-state index in [2.05, 4.69) is 25.8 Å². The lowest BCUT2D eigenvalue weighted by Gasteiger charge is -2.09. The van der Waals surface area contributed by atoms with Crippen molar-refractivity contribution in [2.75, 3.05) is 10.6 Å². The van der Waals surface area contributed by atoms with Gasteiger partial charge < -0.3 is 10.6 Å².